The second-order valence-electron chi connectivity index (χ2n) is 7.96. The van der Waals surface area contributed by atoms with Gasteiger partial charge in [0.25, 0.3) is 0 Å². The number of rotatable bonds is 3. The van der Waals surface area contributed by atoms with Gasteiger partial charge in [0.2, 0.25) is 0 Å². The Kier molecular flexibility index (Phi) is 5.14. The molecule has 0 N–H and O–H groups in total. The smallest absolute Gasteiger partial charge is 0.135 e. The highest BCUT2D eigenvalue weighted by Crippen LogP contribution is 2.35. The third-order valence-electron chi connectivity index (χ3n) is 3.49. The summed E-state index contributed by atoms with van der Waals surface area (Å²) in [5.74, 6) is 0.153. The van der Waals surface area contributed by atoms with Gasteiger partial charge in [0.15, 0.2) is 0 Å². The van der Waals surface area contributed by atoms with E-state index in [1.807, 2.05) is 6.92 Å². The molecule has 1 aromatic carbocycles. The molecule has 0 aliphatic carbocycles. The summed E-state index contributed by atoms with van der Waals surface area (Å²) in [4.78, 5) is 16.0. The Hall–Kier alpha value is -1.44. The molecule has 21 heavy (non-hydrogen) atoms. The molecule has 0 amide bonds. The van der Waals surface area contributed by atoms with Gasteiger partial charge in [0.1, 0.15) is 5.78 Å². The molecule has 0 fully saturated rings. The van der Waals surface area contributed by atoms with Crippen molar-refractivity contribution >= 4 is 17.2 Å². The van der Waals surface area contributed by atoms with Crippen LogP contribution in [0.2, 0.25) is 0 Å². The van der Waals surface area contributed by atoms with Gasteiger partial charge in [0.05, 0.1) is 5.69 Å². The van der Waals surface area contributed by atoms with Crippen LogP contribution in [-0.2, 0) is 15.6 Å². The maximum atomic E-state index is 11.3. The van der Waals surface area contributed by atoms with E-state index in [1.165, 1.54) is 11.1 Å². The minimum Gasteiger partial charge on any atom is -0.300 e. The van der Waals surface area contributed by atoms with Crippen LogP contribution in [0.3, 0.4) is 0 Å². The fourth-order valence-electron chi connectivity index (χ4n) is 2.33. The molecule has 0 saturated carbocycles. The Morgan fingerprint density at radius 1 is 1.00 bits per heavy atom. The third-order valence-corrected chi connectivity index (χ3v) is 3.49. The standard InChI is InChI=1S/C19H29NO/c1-13(11-14(2)21)20-17-12-15(18(3,4)5)9-10-16(17)19(6,7)8/h9-10,12H,11H2,1-8H3. The Bertz CT molecular complexity index is 554. The van der Waals surface area contributed by atoms with E-state index >= 15 is 0 Å². The topological polar surface area (TPSA) is 29.4 Å². The molecule has 0 aliphatic heterocycles. The van der Waals surface area contributed by atoms with Crippen molar-refractivity contribution in [2.75, 3.05) is 0 Å². The fourth-order valence-corrected chi connectivity index (χ4v) is 2.33. The molecule has 0 saturated heterocycles. The Balaban J connectivity index is 3.40. The zero-order valence-corrected chi connectivity index (χ0v) is 14.8. The van der Waals surface area contributed by atoms with Crippen LogP contribution in [0.1, 0.15) is 72.9 Å². The molecule has 0 bridgehead atoms. The lowest BCUT2D eigenvalue weighted by atomic mass is 9.81. The quantitative estimate of drug-likeness (QED) is 0.689. The molecule has 0 aromatic heterocycles. The largest absolute Gasteiger partial charge is 0.300 e. The van der Waals surface area contributed by atoms with Gasteiger partial charge in [-0.25, -0.2) is 0 Å². The van der Waals surface area contributed by atoms with Gasteiger partial charge in [-0.1, -0.05) is 53.7 Å². The average molecular weight is 287 g/mol. The van der Waals surface area contributed by atoms with E-state index in [9.17, 15) is 4.79 Å². The lowest BCUT2D eigenvalue weighted by molar-refractivity contribution is -0.115. The van der Waals surface area contributed by atoms with E-state index in [0.717, 1.165) is 11.4 Å². The molecule has 2 nitrogen and oxygen atoms in total. The molecule has 0 aliphatic rings. The zero-order valence-electron chi connectivity index (χ0n) is 14.8. The van der Waals surface area contributed by atoms with Crippen LogP contribution in [0, 0.1) is 0 Å². The lowest BCUT2D eigenvalue weighted by Crippen LogP contribution is -2.15. The molecule has 0 atom stereocenters. The minimum atomic E-state index is 0.0335. The predicted molar refractivity (Wildman–Crippen MR) is 91.9 cm³/mol. The normalized spacial score (nSPS) is 13.4. The number of carbonyl (C=O) groups excluding carboxylic acids is 1. The summed E-state index contributed by atoms with van der Waals surface area (Å²) >= 11 is 0. The SMILES string of the molecule is CC(=O)CC(C)=Nc1cc(C(C)(C)C)ccc1C(C)(C)C. The van der Waals surface area contributed by atoms with Crippen molar-refractivity contribution in [3.8, 4) is 0 Å². The van der Waals surface area contributed by atoms with Crippen LogP contribution >= 0.6 is 0 Å². The molecule has 116 valence electrons. The van der Waals surface area contributed by atoms with Crippen molar-refractivity contribution in [3.63, 3.8) is 0 Å². The Morgan fingerprint density at radius 2 is 1.57 bits per heavy atom. The molecule has 0 unspecified atom stereocenters. The summed E-state index contributed by atoms with van der Waals surface area (Å²) in [5.41, 5.74) is 4.48. The van der Waals surface area contributed by atoms with E-state index in [2.05, 4.69) is 59.7 Å². The van der Waals surface area contributed by atoms with Crippen molar-refractivity contribution in [3.05, 3.63) is 29.3 Å². The number of ketones is 1. The number of hydrogen-bond donors (Lipinski definition) is 0. The van der Waals surface area contributed by atoms with E-state index in [0.29, 0.717) is 6.42 Å². The van der Waals surface area contributed by atoms with Crippen molar-refractivity contribution in [1.82, 2.24) is 0 Å². The maximum Gasteiger partial charge on any atom is 0.135 e. The second kappa shape index (κ2) is 6.13. The summed E-state index contributed by atoms with van der Waals surface area (Å²) in [7, 11) is 0. The van der Waals surface area contributed by atoms with Gasteiger partial charge in [-0.15, -0.1) is 0 Å². The molecular formula is C19H29NO. The third kappa shape index (κ3) is 5.11. The highest BCUT2D eigenvalue weighted by atomic mass is 16.1. The molecule has 2 heteroatoms. The summed E-state index contributed by atoms with van der Waals surface area (Å²) in [6, 6.07) is 6.55. The van der Waals surface area contributed by atoms with Gasteiger partial charge in [-0.3, -0.25) is 9.79 Å². The van der Waals surface area contributed by atoms with Crippen molar-refractivity contribution in [2.24, 2.45) is 4.99 Å². The van der Waals surface area contributed by atoms with Crippen molar-refractivity contribution in [2.45, 2.75) is 72.6 Å². The number of carbonyl (C=O) groups is 1. The van der Waals surface area contributed by atoms with E-state index in [4.69, 9.17) is 4.99 Å². The molecule has 0 radical (unpaired) electrons. The first kappa shape index (κ1) is 17.6. The summed E-state index contributed by atoms with van der Waals surface area (Å²) < 4.78 is 0. The van der Waals surface area contributed by atoms with Crippen LogP contribution in [-0.4, -0.2) is 11.5 Å². The molecule has 0 spiro atoms. The van der Waals surface area contributed by atoms with E-state index in [-0.39, 0.29) is 16.6 Å². The maximum absolute atomic E-state index is 11.3. The molecule has 1 aromatic rings. The van der Waals surface area contributed by atoms with Crippen molar-refractivity contribution in [1.29, 1.82) is 0 Å². The van der Waals surface area contributed by atoms with Crippen LogP contribution in [0.4, 0.5) is 5.69 Å². The summed E-state index contributed by atoms with van der Waals surface area (Å²) in [6.07, 6.45) is 0.420. The van der Waals surface area contributed by atoms with E-state index < -0.39 is 0 Å². The Morgan fingerprint density at radius 3 is 2.00 bits per heavy atom. The Labute approximate surface area is 129 Å². The lowest BCUT2D eigenvalue weighted by Gasteiger charge is -2.25. The van der Waals surface area contributed by atoms with Gasteiger partial charge in [-0.2, -0.15) is 0 Å². The average Bonchev–Trinajstić information content (AvgIpc) is 2.24. The first-order valence-corrected chi connectivity index (χ1v) is 7.60. The summed E-state index contributed by atoms with van der Waals surface area (Å²) in [5, 5.41) is 0. The zero-order chi connectivity index (χ0) is 16.4. The van der Waals surface area contributed by atoms with Crippen LogP contribution in [0.15, 0.2) is 23.2 Å². The fraction of sp³-hybridized carbons (Fsp3) is 0.579. The monoisotopic (exact) mass is 287 g/mol. The molecular weight excluding hydrogens is 258 g/mol. The van der Waals surface area contributed by atoms with Crippen LogP contribution < -0.4 is 0 Å². The van der Waals surface area contributed by atoms with Gasteiger partial charge in [-0.05, 0) is 41.9 Å². The van der Waals surface area contributed by atoms with Crippen LogP contribution in [0.25, 0.3) is 0 Å². The first-order chi connectivity index (χ1) is 9.41. The second-order valence-corrected chi connectivity index (χ2v) is 7.96. The van der Waals surface area contributed by atoms with Crippen molar-refractivity contribution < 1.29 is 4.79 Å². The van der Waals surface area contributed by atoms with Gasteiger partial charge in [0, 0.05) is 12.1 Å². The highest BCUT2D eigenvalue weighted by molar-refractivity contribution is 6.00. The summed E-state index contributed by atoms with van der Waals surface area (Å²) in [6.45, 7) is 16.7. The first-order valence-electron chi connectivity index (χ1n) is 7.60. The number of aliphatic imine (C=N–C) groups is 1. The van der Waals surface area contributed by atoms with Gasteiger partial charge >= 0.3 is 0 Å². The molecule has 1 rings (SSSR count). The number of nitrogens with zero attached hydrogens (tertiary/aromatic N) is 1. The predicted octanol–water partition coefficient (Wildman–Crippen LogP) is 5.35. The number of Topliss-reactive ketones (excluding diaryl/α,β-unsaturated/α-hetero) is 1. The minimum absolute atomic E-state index is 0.0335. The van der Waals surface area contributed by atoms with E-state index in [1.54, 1.807) is 6.92 Å². The van der Waals surface area contributed by atoms with Crippen LogP contribution in [0.5, 0.6) is 0 Å². The number of hydrogen-bond acceptors (Lipinski definition) is 2. The highest BCUT2D eigenvalue weighted by Gasteiger charge is 2.21. The molecule has 0 heterocycles. The van der Waals surface area contributed by atoms with Gasteiger partial charge < -0.3 is 0 Å². The number of benzene rings is 1.